The first kappa shape index (κ1) is 22.1. The third kappa shape index (κ3) is 4.07. The number of nitrogens with zero attached hydrogens (tertiary/aromatic N) is 4. The largest absolute Gasteiger partial charge is 0.493 e. The summed E-state index contributed by atoms with van der Waals surface area (Å²) in [5.41, 5.74) is 1.52. The van der Waals surface area contributed by atoms with Crippen molar-refractivity contribution in [2.75, 3.05) is 35.2 Å². The van der Waals surface area contributed by atoms with Crippen LogP contribution in [0.2, 0.25) is 0 Å². The number of benzene rings is 2. The van der Waals surface area contributed by atoms with Crippen molar-refractivity contribution < 1.29 is 28.6 Å². The third-order valence-electron chi connectivity index (χ3n) is 4.87. The molecule has 12 heteroatoms. The van der Waals surface area contributed by atoms with Crippen LogP contribution in [0.5, 0.6) is 28.7 Å². The fourth-order valence-electron chi connectivity index (χ4n) is 3.32. The minimum absolute atomic E-state index is 0.0104. The van der Waals surface area contributed by atoms with E-state index in [0.717, 1.165) is 5.56 Å². The molecule has 0 saturated carbocycles. The minimum Gasteiger partial charge on any atom is -0.493 e. The molecule has 0 atom stereocenters. The summed E-state index contributed by atoms with van der Waals surface area (Å²) >= 11 is 1.36. The monoisotopic (exact) mass is 472 g/mol. The molecule has 2 heterocycles. The lowest BCUT2D eigenvalue weighted by atomic mass is 10.1. The molecule has 3 aromatic rings. The van der Waals surface area contributed by atoms with Gasteiger partial charge in [0.05, 0.1) is 49.8 Å². The highest BCUT2D eigenvalue weighted by Gasteiger charge is 2.23. The molecule has 0 saturated heterocycles. The van der Waals surface area contributed by atoms with Crippen LogP contribution in [0.25, 0.3) is 11.3 Å². The normalized spacial score (nSPS) is 12.9. The molecule has 0 unspecified atom stereocenters. The summed E-state index contributed by atoms with van der Waals surface area (Å²) in [6.45, 7) is 0.0104. The molecule has 11 nitrogen and oxygen atoms in total. The topological polar surface area (TPSA) is 119 Å². The van der Waals surface area contributed by atoms with Gasteiger partial charge in [-0.25, -0.2) is 4.68 Å². The standard InChI is InChI=1S/C21H20N4O7S/c1-22-21-24(23-9-13-7-16-17(32-11-31-16)8-14(13)25(26)27)15(10-33-21)12-5-18(28-2)20(30-4)19(6-12)29-3/h5-10H,11H2,1-4H3/b22-21?,23-9+. The maximum absolute atomic E-state index is 11.6. The molecule has 33 heavy (non-hydrogen) atoms. The van der Waals surface area contributed by atoms with Crippen molar-refractivity contribution in [3.63, 3.8) is 0 Å². The summed E-state index contributed by atoms with van der Waals surface area (Å²) < 4.78 is 28.5. The molecule has 1 aromatic heterocycles. The number of rotatable bonds is 7. The molecule has 1 aliphatic heterocycles. The summed E-state index contributed by atoms with van der Waals surface area (Å²) in [5.74, 6) is 2.17. The molecule has 4 rings (SSSR count). The molecule has 1 aliphatic rings. The number of hydrogen-bond donors (Lipinski definition) is 0. The zero-order valence-electron chi connectivity index (χ0n) is 18.2. The van der Waals surface area contributed by atoms with E-state index in [2.05, 4.69) is 10.1 Å². The van der Waals surface area contributed by atoms with Crippen LogP contribution < -0.4 is 28.5 Å². The van der Waals surface area contributed by atoms with E-state index in [-0.39, 0.29) is 18.0 Å². The number of nitro groups is 1. The predicted molar refractivity (Wildman–Crippen MR) is 121 cm³/mol. The fraction of sp³-hybridized carbons (Fsp3) is 0.238. The Bertz CT molecular complexity index is 1290. The number of thiazole rings is 1. The highest BCUT2D eigenvalue weighted by Crippen LogP contribution is 2.41. The van der Waals surface area contributed by atoms with Gasteiger partial charge in [-0.1, -0.05) is 0 Å². The summed E-state index contributed by atoms with van der Waals surface area (Å²) in [5, 5.41) is 18.0. The Labute approximate surface area is 192 Å². The quantitative estimate of drug-likeness (QED) is 0.294. The maximum Gasteiger partial charge on any atom is 0.282 e. The Hall–Kier alpha value is -4.06. The lowest BCUT2D eigenvalue weighted by Crippen LogP contribution is -2.12. The van der Waals surface area contributed by atoms with Crippen LogP contribution in [0, 0.1) is 10.1 Å². The third-order valence-corrected chi connectivity index (χ3v) is 5.78. The second kappa shape index (κ2) is 9.20. The number of fused-ring (bicyclic) bond motifs is 1. The van der Waals surface area contributed by atoms with E-state index in [1.54, 1.807) is 23.9 Å². The summed E-state index contributed by atoms with van der Waals surface area (Å²) in [7, 11) is 6.24. The molecule has 0 amide bonds. The van der Waals surface area contributed by atoms with Crippen molar-refractivity contribution in [2.45, 2.75) is 0 Å². The van der Waals surface area contributed by atoms with Gasteiger partial charge in [-0.2, -0.15) is 5.10 Å². The summed E-state index contributed by atoms with van der Waals surface area (Å²) in [4.78, 5) is 15.9. The van der Waals surface area contributed by atoms with Gasteiger partial charge in [0.1, 0.15) is 0 Å². The lowest BCUT2D eigenvalue weighted by molar-refractivity contribution is -0.385. The average Bonchev–Trinajstić information content (AvgIpc) is 3.46. The van der Waals surface area contributed by atoms with Gasteiger partial charge < -0.3 is 23.7 Å². The van der Waals surface area contributed by atoms with E-state index in [1.807, 2.05) is 5.38 Å². The van der Waals surface area contributed by atoms with Crippen LogP contribution in [0.15, 0.2) is 39.7 Å². The van der Waals surface area contributed by atoms with Crippen molar-refractivity contribution in [1.29, 1.82) is 0 Å². The van der Waals surface area contributed by atoms with E-state index in [1.165, 1.54) is 51.0 Å². The van der Waals surface area contributed by atoms with Gasteiger partial charge in [0.25, 0.3) is 5.69 Å². The Morgan fingerprint density at radius 1 is 1.09 bits per heavy atom. The van der Waals surface area contributed by atoms with Crippen LogP contribution in [-0.2, 0) is 0 Å². The van der Waals surface area contributed by atoms with Gasteiger partial charge in [-0.05, 0) is 18.2 Å². The molecule has 0 fully saturated rings. The van der Waals surface area contributed by atoms with Gasteiger partial charge in [0.2, 0.25) is 17.3 Å². The number of methoxy groups -OCH3 is 3. The van der Waals surface area contributed by atoms with Crippen LogP contribution in [0.3, 0.4) is 0 Å². The predicted octanol–water partition coefficient (Wildman–Crippen LogP) is 3.29. The molecule has 0 N–H and O–H groups in total. The van der Waals surface area contributed by atoms with Crippen LogP contribution in [-0.4, -0.2) is 51.0 Å². The fourth-order valence-corrected chi connectivity index (χ4v) is 4.12. The SMILES string of the molecule is CN=c1scc(-c2cc(OC)c(OC)c(OC)c2)n1/N=C/c1cc2c(cc1[N+](=O)[O-])OCO2. The molecule has 0 spiro atoms. The highest BCUT2D eigenvalue weighted by atomic mass is 32.1. The van der Waals surface area contributed by atoms with Gasteiger partial charge in [-0.3, -0.25) is 15.1 Å². The summed E-state index contributed by atoms with van der Waals surface area (Å²) in [6.07, 6.45) is 1.39. The Balaban J connectivity index is 1.84. The highest BCUT2D eigenvalue weighted by molar-refractivity contribution is 7.07. The van der Waals surface area contributed by atoms with Crippen LogP contribution in [0.4, 0.5) is 5.69 Å². The first-order valence-corrected chi connectivity index (χ1v) is 10.4. The first-order chi connectivity index (χ1) is 16.0. The molecule has 0 radical (unpaired) electrons. The zero-order valence-corrected chi connectivity index (χ0v) is 19.0. The molecular weight excluding hydrogens is 452 g/mol. The maximum atomic E-state index is 11.6. The average molecular weight is 472 g/mol. The second-order valence-electron chi connectivity index (χ2n) is 6.62. The van der Waals surface area contributed by atoms with Crippen molar-refractivity contribution in [2.24, 2.45) is 10.1 Å². The minimum atomic E-state index is -0.493. The van der Waals surface area contributed by atoms with Gasteiger partial charge in [-0.15, -0.1) is 11.3 Å². The van der Waals surface area contributed by atoms with E-state index < -0.39 is 4.92 Å². The van der Waals surface area contributed by atoms with Crippen molar-refractivity contribution in [3.05, 3.63) is 50.1 Å². The molecule has 2 aromatic carbocycles. The Morgan fingerprint density at radius 2 is 1.76 bits per heavy atom. The van der Waals surface area contributed by atoms with Crippen LogP contribution >= 0.6 is 11.3 Å². The second-order valence-corrected chi connectivity index (χ2v) is 7.46. The molecular formula is C21H20N4O7S. The van der Waals surface area contributed by atoms with Gasteiger partial charge in [0.15, 0.2) is 23.0 Å². The number of ether oxygens (including phenoxy) is 5. The van der Waals surface area contributed by atoms with Gasteiger partial charge >= 0.3 is 0 Å². The van der Waals surface area contributed by atoms with Crippen molar-refractivity contribution in [3.8, 4) is 40.0 Å². The van der Waals surface area contributed by atoms with E-state index in [4.69, 9.17) is 23.7 Å². The molecule has 172 valence electrons. The first-order valence-electron chi connectivity index (χ1n) is 9.56. The number of hydrogen-bond acceptors (Lipinski definition) is 10. The van der Waals surface area contributed by atoms with E-state index in [9.17, 15) is 10.1 Å². The molecule has 0 aliphatic carbocycles. The van der Waals surface area contributed by atoms with E-state index in [0.29, 0.717) is 39.2 Å². The van der Waals surface area contributed by atoms with Gasteiger partial charge in [0, 0.05) is 18.0 Å². The Kier molecular flexibility index (Phi) is 6.18. The lowest BCUT2D eigenvalue weighted by Gasteiger charge is -2.14. The number of nitro benzene ring substituents is 1. The smallest absolute Gasteiger partial charge is 0.282 e. The zero-order chi connectivity index (χ0) is 23.5. The molecule has 0 bridgehead atoms. The Morgan fingerprint density at radius 3 is 2.33 bits per heavy atom. The van der Waals surface area contributed by atoms with Crippen molar-refractivity contribution >= 4 is 23.2 Å². The number of aromatic nitrogens is 1. The summed E-state index contributed by atoms with van der Waals surface area (Å²) in [6, 6.07) is 6.43. The van der Waals surface area contributed by atoms with Crippen LogP contribution in [0.1, 0.15) is 5.56 Å². The van der Waals surface area contributed by atoms with Crippen molar-refractivity contribution in [1.82, 2.24) is 4.68 Å². The van der Waals surface area contributed by atoms with E-state index >= 15 is 0 Å².